The zero-order chi connectivity index (χ0) is 23.8. The zero-order valence-electron chi connectivity index (χ0n) is 17.0. The van der Waals surface area contributed by atoms with Gasteiger partial charge < -0.3 is 0 Å². The molecule has 1 fully saturated rings. The van der Waals surface area contributed by atoms with E-state index < -0.39 is 33.7 Å². The Morgan fingerprint density at radius 2 is 1.58 bits per heavy atom. The van der Waals surface area contributed by atoms with Crippen LogP contribution in [0.2, 0.25) is 10.0 Å². The normalized spacial score (nSPS) is 16.6. The first-order valence-corrected chi connectivity index (χ1v) is 12.0. The number of amides is 2. The summed E-state index contributed by atoms with van der Waals surface area (Å²) < 4.78 is 41.5. The first-order valence-electron chi connectivity index (χ1n) is 9.81. The fourth-order valence-electron chi connectivity index (χ4n) is 3.60. The van der Waals surface area contributed by atoms with E-state index in [1.54, 1.807) is 24.3 Å². The molecule has 6 nitrogen and oxygen atoms in total. The standard InChI is InChI=1S/C23H17Cl2FN2O4S/c24-16-5-11-19(12-6-16)33(31,32)27(14-15-3-1-2-4-20(15)25)21-13-22(29)28(23(21)30)18-9-7-17(26)8-10-18/h1-12,21H,13-14H2. The zero-order valence-corrected chi connectivity index (χ0v) is 19.3. The molecule has 10 heteroatoms. The second-order valence-corrected chi connectivity index (χ2v) is 10.1. The van der Waals surface area contributed by atoms with E-state index >= 15 is 0 Å². The van der Waals surface area contributed by atoms with Crippen LogP contribution in [0.25, 0.3) is 0 Å². The monoisotopic (exact) mass is 506 g/mol. The highest BCUT2D eigenvalue weighted by atomic mass is 35.5. The lowest BCUT2D eigenvalue weighted by Gasteiger charge is -2.27. The fraction of sp³-hybridized carbons (Fsp3) is 0.130. The van der Waals surface area contributed by atoms with Gasteiger partial charge in [0.2, 0.25) is 15.9 Å². The summed E-state index contributed by atoms with van der Waals surface area (Å²) in [5.41, 5.74) is 0.632. The molecule has 3 aromatic carbocycles. The molecular weight excluding hydrogens is 490 g/mol. The molecule has 1 atom stereocenters. The SMILES string of the molecule is O=C1CC(N(Cc2ccccc2Cl)S(=O)(=O)c2ccc(Cl)cc2)C(=O)N1c1ccc(F)cc1. The summed E-state index contributed by atoms with van der Waals surface area (Å²) in [5, 5.41) is 0.669. The van der Waals surface area contributed by atoms with Crippen LogP contribution in [0.15, 0.2) is 77.7 Å². The van der Waals surface area contributed by atoms with Gasteiger partial charge in [-0.1, -0.05) is 41.4 Å². The number of hydrogen-bond acceptors (Lipinski definition) is 4. The Bertz CT molecular complexity index is 1320. The minimum Gasteiger partial charge on any atom is -0.274 e. The minimum absolute atomic E-state index is 0.0839. The summed E-state index contributed by atoms with van der Waals surface area (Å²) in [6.07, 6.45) is -0.368. The Hall–Kier alpha value is -2.78. The molecule has 2 amide bonds. The first kappa shape index (κ1) is 23.4. The van der Waals surface area contributed by atoms with Crippen molar-refractivity contribution in [3.8, 4) is 0 Å². The molecule has 1 aliphatic heterocycles. The summed E-state index contributed by atoms with van der Waals surface area (Å²) in [6.45, 7) is -0.231. The Morgan fingerprint density at radius 3 is 2.21 bits per heavy atom. The highest BCUT2D eigenvalue weighted by molar-refractivity contribution is 7.89. The van der Waals surface area contributed by atoms with Crippen molar-refractivity contribution in [1.82, 2.24) is 4.31 Å². The van der Waals surface area contributed by atoms with Crippen LogP contribution in [-0.2, 0) is 26.2 Å². The molecule has 0 aromatic heterocycles. The van der Waals surface area contributed by atoms with E-state index in [1.807, 2.05) is 0 Å². The number of imide groups is 1. The maximum atomic E-state index is 13.6. The second-order valence-electron chi connectivity index (χ2n) is 7.36. The van der Waals surface area contributed by atoms with E-state index in [-0.39, 0.29) is 23.5 Å². The molecule has 0 bridgehead atoms. The van der Waals surface area contributed by atoms with Crippen molar-refractivity contribution in [3.05, 3.63) is 94.2 Å². The third-order valence-electron chi connectivity index (χ3n) is 5.26. The molecule has 1 aliphatic rings. The van der Waals surface area contributed by atoms with Crippen molar-refractivity contribution in [2.75, 3.05) is 4.90 Å². The van der Waals surface area contributed by atoms with E-state index in [0.717, 1.165) is 21.3 Å². The lowest BCUT2D eigenvalue weighted by molar-refractivity contribution is -0.122. The molecule has 0 spiro atoms. The van der Waals surface area contributed by atoms with Gasteiger partial charge in [0.05, 0.1) is 17.0 Å². The molecule has 1 saturated heterocycles. The van der Waals surface area contributed by atoms with E-state index in [1.165, 1.54) is 36.4 Å². The van der Waals surface area contributed by atoms with E-state index in [4.69, 9.17) is 23.2 Å². The number of halogens is 3. The van der Waals surface area contributed by atoms with Crippen LogP contribution < -0.4 is 4.90 Å². The van der Waals surface area contributed by atoms with Crippen molar-refractivity contribution in [2.24, 2.45) is 0 Å². The maximum Gasteiger partial charge on any atom is 0.252 e. The fourth-order valence-corrected chi connectivity index (χ4v) is 5.48. The molecule has 1 unspecified atom stereocenters. The number of carbonyl (C=O) groups is 2. The summed E-state index contributed by atoms with van der Waals surface area (Å²) in [5.74, 6) is -1.84. The topological polar surface area (TPSA) is 74.8 Å². The number of carbonyl (C=O) groups excluding carboxylic acids is 2. The Morgan fingerprint density at radius 1 is 0.939 bits per heavy atom. The third kappa shape index (κ3) is 4.65. The van der Waals surface area contributed by atoms with Gasteiger partial charge in [-0.3, -0.25) is 9.59 Å². The van der Waals surface area contributed by atoms with Crippen LogP contribution in [-0.4, -0.2) is 30.6 Å². The first-order chi connectivity index (χ1) is 15.7. The predicted octanol–water partition coefficient (Wildman–Crippen LogP) is 4.66. The van der Waals surface area contributed by atoms with Gasteiger partial charge in [0.1, 0.15) is 11.9 Å². The highest BCUT2D eigenvalue weighted by Crippen LogP contribution is 2.32. The van der Waals surface area contributed by atoms with Crippen molar-refractivity contribution in [2.45, 2.75) is 23.9 Å². The number of anilines is 1. The lowest BCUT2D eigenvalue weighted by Crippen LogP contribution is -2.45. The minimum atomic E-state index is -4.23. The predicted molar refractivity (Wildman–Crippen MR) is 123 cm³/mol. The number of sulfonamides is 1. The molecule has 0 saturated carbocycles. The number of rotatable bonds is 6. The number of hydrogen-bond donors (Lipinski definition) is 0. The van der Waals surface area contributed by atoms with Crippen LogP contribution in [0.4, 0.5) is 10.1 Å². The Labute approximate surface area is 200 Å². The van der Waals surface area contributed by atoms with Crippen LogP contribution in [0.1, 0.15) is 12.0 Å². The maximum absolute atomic E-state index is 13.6. The van der Waals surface area contributed by atoms with Gasteiger partial charge in [0.15, 0.2) is 0 Å². The van der Waals surface area contributed by atoms with Gasteiger partial charge in [0.25, 0.3) is 5.91 Å². The molecule has 0 aliphatic carbocycles. The molecule has 0 radical (unpaired) electrons. The second kappa shape index (κ2) is 9.23. The van der Waals surface area contributed by atoms with Gasteiger partial charge in [-0.15, -0.1) is 0 Å². The smallest absolute Gasteiger partial charge is 0.252 e. The summed E-state index contributed by atoms with van der Waals surface area (Å²) in [6, 6.07) is 15.7. The van der Waals surface area contributed by atoms with Crippen molar-refractivity contribution < 1.29 is 22.4 Å². The molecule has 0 N–H and O–H groups in total. The highest BCUT2D eigenvalue weighted by Gasteiger charge is 2.47. The molecule has 170 valence electrons. The van der Waals surface area contributed by atoms with E-state index in [0.29, 0.717) is 15.6 Å². The third-order valence-corrected chi connectivity index (χ3v) is 7.75. The van der Waals surface area contributed by atoms with Crippen LogP contribution >= 0.6 is 23.2 Å². The average molecular weight is 507 g/mol. The van der Waals surface area contributed by atoms with Gasteiger partial charge >= 0.3 is 0 Å². The molecule has 1 heterocycles. The Kier molecular flexibility index (Phi) is 6.54. The lowest BCUT2D eigenvalue weighted by atomic mass is 10.2. The van der Waals surface area contributed by atoms with Gasteiger partial charge in [-0.25, -0.2) is 17.7 Å². The van der Waals surface area contributed by atoms with Gasteiger partial charge in [-0.2, -0.15) is 4.31 Å². The van der Waals surface area contributed by atoms with Crippen molar-refractivity contribution in [1.29, 1.82) is 0 Å². The molecular formula is C23H17Cl2FN2O4S. The van der Waals surface area contributed by atoms with Crippen LogP contribution in [0.3, 0.4) is 0 Å². The van der Waals surface area contributed by atoms with Crippen LogP contribution in [0, 0.1) is 5.82 Å². The van der Waals surface area contributed by atoms with E-state index in [2.05, 4.69) is 0 Å². The van der Waals surface area contributed by atoms with E-state index in [9.17, 15) is 22.4 Å². The molecule has 33 heavy (non-hydrogen) atoms. The quantitative estimate of drug-likeness (QED) is 0.455. The van der Waals surface area contributed by atoms with Crippen molar-refractivity contribution in [3.63, 3.8) is 0 Å². The summed E-state index contributed by atoms with van der Waals surface area (Å²) in [7, 11) is -4.23. The summed E-state index contributed by atoms with van der Waals surface area (Å²) >= 11 is 12.2. The molecule has 3 aromatic rings. The summed E-state index contributed by atoms with van der Waals surface area (Å²) in [4.78, 5) is 26.9. The number of nitrogens with zero attached hydrogens (tertiary/aromatic N) is 2. The van der Waals surface area contributed by atoms with Crippen molar-refractivity contribution >= 4 is 50.7 Å². The molecule has 4 rings (SSSR count). The largest absolute Gasteiger partial charge is 0.274 e. The Balaban J connectivity index is 1.77. The van der Waals surface area contributed by atoms with Crippen LogP contribution in [0.5, 0.6) is 0 Å². The van der Waals surface area contributed by atoms with Gasteiger partial charge in [-0.05, 0) is 60.2 Å². The average Bonchev–Trinajstić information content (AvgIpc) is 3.07. The number of benzene rings is 3. The van der Waals surface area contributed by atoms with Gasteiger partial charge in [0, 0.05) is 16.6 Å².